The van der Waals surface area contributed by atoms with Gasteiger partial charge in [0.1, 0.15) is 10.1 Å². The molecular formula is C14H14FNOS2. The summed E-state index contributed by atoms with van der Waals surface area (Å²) in [5.74, 6) is 0.0187. The fourth-order valence-electron chi connectivity index (χ4n) is 1.73. The van der Waals surface area contributed by atoms with E-state index >= 15 is 0 Å². The Labute approximate surface area is 121 Å². The lowest BCUT2D eigenvalue weighted by Crippen LogP contribution is -2.31. The standard InChI is InChI=1S/C14H14FNOS2/c1-9(2)8-16-13(17)12(19-14(16)18)7-10-3-5-11(15)6-4-10/h3-7,9H,8H2,1-2H3/b12-7+. The molecule has 1 aliphatic heterocycles. The number of rotatable bonds is 3. The summed E-state index contributed by atoms with van der Waals surface area (Å²) in [7, 11) is 0. The van der Waals surface area contributed by atoms with Crippen molar-refractivity contribution in [3.8, 4) is 0 Å². The van der Waals surface area contributed by atoms with Gasteiger partial charge in [0, 0.05) is 6.54 Å². The normalized spacial score (nSPS) is 17.9. The molecule has 2 nitrogen and oxygen atoms in total. The molecule has 0 radical (unpaired) electrons. The maximum Gasteiger partial charge on any atom is 0.266 e. The van der Waals surface area contributed by atoms with E-state index in [-0.39, 0.29) is 11.7 Å². The molecule has 0 atom stereocenters. The third kappa shape index (κ3) is 3.42. The minimum atomic E-state index is -0.287. The van der Waals surface area contributed by atoms with Crippen LogP contribution in [0.3, 0.4) is 0 Å². The molecule has 1 heterocycles. The van der Waals surface area contributed by atoms with Crippen molar-refractivity contribution in [2.24, 2.45) is 5.92 Å². The van der Waals surface area contributed by atoms with Gasteiger partial charge in [0.05, 0.1) is 4.91 Å². The second-order valence-corrected chi connectivity index (χ2v) is 6.41. The van der Waals surface area contributed by atoms with E-state index in [2.05, 4.69) is 0 Å². The van der Waals surface area contributed by atoms with Gasteiger partial charge >= 0.3 is 0 Å². The van der Waals surface area contributed by atoms with Gasteiger partial charge in [-0.2, -0.15) is 0 Å². The van der Waals surface area contributed by atoms with Gasteiger partial charge in [-0.25, -0.2) is 4.39 Å². The monoisotopic (exact) mass is 295 g/mol. The van der Waals surface area contributed by atoms with Gasteiger partial charge in [-0.05, 0) is 29.7 Å². The Morgan fingerprint density at radius 1 is 1.37 bits per heavy atom. The van der Waals surface area contributed by atoms with Gasteiger partial charge in [0.25, 0.3) is 5.91 Å². The summed E-state index contributed by atoms with van der Waals surface area (Å²) < 4.78 is 13.4. The fourth-order valence-corrected chi connectivity index (χ4v) is 3.01. The maximum absolute atomic E-state index is 12.8. The summed E-state index contributed by atoms with van der Waals surface area (Å²) in [5, 5.41) is 0. The van der Waals surface area contributed by atoms with E-state index < -0.39 is 0 Å². The van der Waals surface area contributed by atoms with Crippen molar-refractivity contribution < 1.29 is 9.18 Å². The average Bonchev–Trinajstić information content (AvgIpc) is 2.60. The SMILES string of the molecule is CC(C)CN1C(=O)/C(=C\c2ccc(F)cc2)SC1=S. The first kappa shape index (κ1) is 14.2. The Balaban J connectivity index is 2.20. The van der Waals surface area contributed by atoms with E-state index in [1.807, 2.05) is 13.8 Å². The van der Waals surface area contributed by atoms with Gasteiger partial charge in [-0.15, -0.1) is 0 Å². The van der Waals surface area contributed by atoms with Crippen LogP contribution in [0, 0.1) is 11.7 Å². The number of hydrogen-bond acceptors (Lipinski definition) is 3. The number of halogens is 1. The molecule has 1 fully saturated rings. The van der Waals surface area contributed by atoms with E-state index in [9.17, 15) is 9.18 Å². The van der Waals surface area contributed by atoms with Crippen LogP contribution in [-0.4, -0.2) is 21.7 Å². The molecule has 0 spiro atoms. The predicted octanol–water partition coefficient (Wildman–Crippen LogP) is 3.68. The molecule has 0 saturated carbocycles. The first-order chi connectivity index (χ1) is 8.97. The Hall–Kier alpha value is -1.20. The summed E-state index contributed by atoms with van der Waals surface area (Å²) in [6.45, 7) is 4.72. The molecule has 1 aromatic carbocycles. The van der Waals surface area contributed by atoms with Crippen LogP contribution in [0.4, 0.5) is 4.39 Å². The number of thioether (sulfide) groups is 1. The Bertz CT molecular complexity index is 537. The minimum Gasteiger partial charge on any atom is -0.293 e. The number of hydrogen-bond donors (Lipinski definition) is 0. The van der Waals surface area contributed by atoms with Crippen LogP contribution in [0.5, 0.6) is 0 Å². The topological polar surface area (TPSA) is 20.3 Å². The van der Waals surface area contributed by atoms with Crippen molar-refractivity contribution in [1.82, 2.24) is 4.90 Å². The van der Waals surface area contributed by atoms with E-state index in [1.54, 1.807) is 23.1 Å². The maximum atomic E-state index is 12.8. The number of carbonyl (C=O) groups excluding carboxylic acids is 1. The molecule has 0 unspecified atom stereocenters. The van der Waals surface area contributed by atoms with Crippen LogP contribution >= 0.6 is 24.0 Å². The molecule has 5 heteroatoms. The zero-order valence-corrected chi connectivity index (χ0v) is 12.4. The zero-order valence-electron chi connectivity index (χ0n) is 10.7. The summed E-state index contributed by atoms with van der Waals surface area (Å²) in [4.78, 5) is 14.4. The number of thiocarbonyl (C=S) groups is 1. The van der Waals surface area contributed by atoms with Crippen LogP contribution in [0.1, 0.15) is 19.4 Å². The molecule has 2 rings (SSSR count). The summed E-state index contributed by atoms with van der Waals surface area (Å²) in [5.41, 5.74) is 0.798. The molecular weight excluding hydrogens is 281 g/mol. The Kier molecular flexibility index (Phi) is 4.37. The van der Waals surface area contributed by atoms with Gasteiger partial charge < -0.3 is 0 Å². The smallest absolute Gasteiger partial charge is 0.266 e. The van der Waals surface area contributed by atoms with E-state index in [1.165, 1.54) is 23.9 Å². The molecule has 1 aliphatic rings. The zero-order chi connectivity index (χ0) is 14.0. The Morgan fingerprint density at radius 2 is 2.00 bits per heavy atom. The molecule has 0 bridgehead atoms. The van der Waals surface area contributed by atoms with Crippen molar-refractivity contribution in [3.05, 3.63) is 40.6 Å². The lowest BCUT2D eigenvalue weighted by Gasteiger charge is -2.16. The largest absolute Gasteiger partial charge is 0.293 e. The Morgan fingerprint density at radius 3 is 2.58 bits per heavy atom. The second-order valence-electron chi connectivity index (χ2n) is 4.74. The van der Waals surface area contributed by atoms with E-state index in [0.29, 0.717) is 21.7 Å². The number of amides is 1. The minimum absolute atomic E-state index is 0.0620. The van der Waals surface area contributed by atoms with Gasteiger partial charge in [-0.3, -0.25) is 9.69 Å². The average molecular weight is 295 g/mol. The van der Waals surface area contributed by atoms with Gasteiger partial charge in [0.15, 0.2) is 0 Å². The van der Waals surface area contributed by atoms with Gasteiger partial charge in [0.2, 0.25) is 0 Å². The second kappa shape index (κ2) is 5.84. The molecule has 0 N–H and O–H groups in total. The highest BCUT2D eigenvalue weighted by atomic mass is 32.2. The van der Waals surface area contributed by atoms with Crippen LogP contribution in [0.15, 0.2) is 29.2 Å². The molecule has 19 heavy (non-hydrogen) atoms. The number of benzene rings is 1. The number of carbonyl (C=O) groups is 1. The van der Waals surface area contributed by atoms with Crippen LogP contribution < -0.4 is 0 Å². The molecule has 1 amide bonds. The van der Waals surface area contributed by atoms with E-state index in [4.69, 9.17) is 12.2 Å². The lowest BCUT2D eigenvalue weighted by molar-refractivity contribution is -0.122. The quantitative estimate of drug-likeness (QED) is 0.626. The summed E-state index contributed by atoms with van der Waals surface area (Å²) >= 11 is 6.52. The molecule has 1 aromatic rings. The molecule has 100 valence electrons. The highest BCUT2D eigenvalue weighted by molar-refractivity contribution is 8.26. The van der Waals surface area contributed by atoms with Crippen molar-refractivity contribution in [3.63, 3.8) is 0 Å². The highest BCUT2D eigenvalue weighted by Crippen LogP contribution is 2.32. The third-order valence-corrected chi connectivity index (χ3v) is 3.97. The number of nitrogens with zero attached hydrogens (tertiary/aromatic N) is 1. The van der Waals surface area contributed by atoms with Crippen molar-refractivity contribution in [2.75, 3.05) is 6.54 Å². The summed E-state index contributed by atoms with van der Waals surface area (Å²) in [6.07, 6.45) is 1.75. The van der Waals surface area contributed by atoms with Gasteiger partial charge in [-0.1, -0.05) is 50.0 Å². The first-order valence-electron chi connectivity index (χ1n) is 5.98. The fraction of sp³-hybridized carbons (Fsp3) is 0.286. The van der Waals surface area contributed by atoms with Crippen molar-refractivity contribution in [2.45, 2.75) is 13.8 Å². The van der Waals surface area contributed by atoms with Crippen LogP contribution in [0.2, 0.25) is 0 Å². The molecule has 0 aliphatic carbocycles. The summed E-state index contributed by atoms with van der Waals surface area (Å²) in [6, 6.07) is 6.04. The van der Waals surface area contributed by atoms with Crippen LogP contribution in [-0.2, 0) is 4.79 Å². The first-order valence-corrected chi connectivity index (χ1v) is 7.21. The van der Waals surface area contributed by atoms with E-state index in [0.717, 1.165) is 5.56 Å². The third-order valence-electron chi connectivity index (χ3n) is 2.59. The molecule has 0 aromatic heterocycles. The van der Waals surface area contributed by atoms with Crippen molar-refractivity contribution >= 4 is 40.3 Å². The van der Waals surface area contributed by atoms with Crippen molar-refractivity contribution in [1.29, 1.82) is 0 Å². The molecule has 1 saturated heterocycles. The highest BCUT2D eigenvalue weighted by Gasteiger charge is 2.32. The van der Waals surface area contributed by atoms with Crippen LogP contribution in [0.25, 0.3) is 6.08 Å². The predicted molar refractivity (Wildman–Crippen MR) is 81.1 cm³/mol. The lowest BCUT2D eigenvalue weighted by atomic mass is 10.2.